The van der Waals surface area contributed by atoms with E-state index in [9.17, 15) is 12.8 Å². The van der Waals surface area contributed by atoms with Gasteiger partial charge in [0, 0.05) is 12.6 Å². The average molecular weight is 260 g/mol. The van der Waals surface area contributed by atoms with Gasteiger partial charge in [-0.25, -0.2) is 17.5 Å². The third-order valence-corrected chi connectivity index (χ3v) is 4.07. The van der Waals surface area contributed by atoms with Crippen molar-refractivity contribution >= 4 is 10.0 Å². The van der Waals surface area contributed by atoms with Crippen molar-refractivity contribution in [3.63, 3.8) is 0 Å². The van der Waals surface area contributed by atoms with Gasteiger partial charge in [0.05, 0.1) is 4.90 Å². The van der Waals surface area contributed by atoms with Gasteiger partial charge in [0.1, 0.15) is 5.82 Å². The third kappa shape index (κ3) is 3.76. The number of nitrogens with one attached hydrogen (secondary N) is 1. The predicted octanol–water partition coefficient (Wildman–Crippen LogP) is 1.15. The van der Waals surface area contributed by atoms with Crippen LogP contribution in [0.4, 0.5) is 4.39 Å². The standard InChI is InChI=1S/C11H17FN2O2S/c1-3-10(13)7-14-17(15,16)11-6-9(12)5-4-8(11)2/h4-6,10,14H,3,7,13H2,1-2H3. The van der Waals surface area contributed by atoms with Crippen LogP contribution in [0.1, 0.15) is 18.9 Å². The Morgan fingerprint density at radius 2 is 2.12 bits per heavy atom. The van der Waals surface area contributed by atoms with E-state index in [2.05, 4.69) is 4.72 Å². The van der Waals surface area contributed by atoms with Crippen LogP contribution in [0.15, 0.2) is 23.1 Å². The van der Waals surface area contributed by atoms with Crippen LogP contribution in [-0.2, 0) is 10.0 Å². The molecule has 0 aliphatic heterocycles. The minimum atomic E-state index is -3.69. The zero-order valence-corrected chi connectivity index (χ0v) is 10.7. The summed E-state index contributed by atoms with van der Waals surface area (Å²) in [5, 5.41) is 0. The maximum Gasteiger partial charge on any atom is 0.240 e. The first-order valence-corrected chi connectivity index (χ1v) is 6.86. The summed E-state index contributed by atoms with van der Waals surface area (Å²) in [6.45, 7) is 3.63. The van der Waals surface area contributed by atoms with Crippen LogP contribution < -0.4 is 10.5 Å². The molecule has 0 saturated heterocycles. The zero-order chi connectivity index (χ0) is 13.1. The summed E-state index contributed by atoms with van der Waals surface area (Å²) in [4.78, 5) is -0.0409. The molecule has 0 fully saturated rings. The third-order valence-electron chi connectivity index (χ3n) is 2.50. The number of sulfonamides is 1. The smallest absolute Gasteiger partial charge is 0.240 e. The maximum atomic E-state index is 13.0. The van der Waals surface area contributed by atoms with Gasteiger partial charge in [0.15, 0.2) is 0 Å². The molecule has 0 bridgehead atoms. The van der Waals surface area contributed by atoms with E-state index in [1.54, 1.807) is 6.92 Å². The summed E-state index contributed by atoms with van der Waals surface area (Å²) in [5.74, 6) is -0.573. The maximum absolute atomic E-state index is 13.0. The Labute approximate surface area is 101 Å². The van der Waals surface area contributed by atoms with Crippen molar-refractivity contribution in [1.29, 1.82) is 0 Å². The van der Waals surface area contributed by atoms with E-state index in [0.717, 1.165) is 6.07 Å². The predicted molar refractivity (Wildman–Crippen MR) is 64.6 cm³/mol. The molecule has 0 saturated carbocycles. The first-order valence-electron chi connectivity index (χ1n) is 5.38. The first-order chi connectivity index (χ1) is 7.86. The number of rotatable bonds is 5. The van der Waals surface area contributed by atoms with Crippen LogP contribution in [0.3, 0.4) is 0 Å². The summed E-state index contributed by atoms with van der Waals surface area (Å²) >= 11 is 0. The SMILES string of the molecule is CCC(N)CNS(=O)(=O)c1cc(F)ccc1C. The Morgan fingerprint density at radius 3 is 2.71 bits per heavy atom. The Balaban J connectivity index is 2.93. The van der Waals surface area contributed by atoms with Crippen LogP contribution >= 0.6 is 0 Å². The molecule has 96 valence electrons. The molecule has 1 unspecified atom stereocenters. The number of aryl methyl sites for hydroxylation is 1. The van der Waals surface area contributed by atoms with Gasteiger partial charge in [-0.3, -0.25) is 0 Å². The van der Waals surface area contributed by atoms with Gasteiger partial charge in [-0.15, -0.1) is 0 Å². The summed E-state index contributed by atoms with van der Waals surface area (Å²) in [6.07, 6.45) is 0.671. The van der Waals surface area contributed by atoms with Crippen molar-refractivity contribution in [1.82, 2.24) is 4.72 Å². The molecule has 1 aromatic carbocycles. The molecule has 17 heavy (non-hydrogen) atoms. The molecule has 6 heteroatoms. The molecule has 1 aromatic rings. The van der Waals surface area contributed by atoms with Gasteiger partial charge in [-0.05, 0) is 31.0 Å². The Kier molecular flexibility index (Phi) is 4.62. The molecular weight excluding hydrogens is 243 g/mol. The molecule has 1 rings (SSSR count). The van der Waals surface area contributed by atoms with Crippen molar-refractivity contribution in [2.75, 3.05) is 6.54 Å². The quantitative estimate of drug-likeness (QED) is 0.834. The van der Waals surface area contributed by atoms with Crippen molar-refractivity contribution < 1.29 is 12.8 Å². The van der Waals surface area contributed by atoms with Gasteiger partial charge >= 0.3 is 0 Å². The molecule has 0 aliphatic carbocycles. The fourth-order valence-electron chi connectivity index (χ4n) is 1.30. The van der Waals surface area contributed by atoms with Gasteiger partial charge in [-0.1, -0.05) is 13.0 Å². The Morgan fingerprint density at radius 1 is 1.47 bits per heavy atom. The lowest BCUT2D eigenvalue weighted by atomic mass is 10.2. The minimum Gasteiger partial charge on any atom is -0.327 e. The average Bonchev–Trinajstić information content (AvgIpc) is 2.29. The normalized spacial score (nSPS) is 13.6. The number of benzene rings is 1. The molecular formula is C11H17FN2O2S. The van der Waals surface area contributed by atoms with E-state index in [1.165, 1.54) is 12.1 Å². The van der Waals surface area contributed by atoms with E-state index in [1.807, 2.05) is 6.92 Å². The molecule has 0 aromatic heterocycles. The lowest BCUT2D eigenvalue weighted by Crippen LogP contribution is -2.36. The molecule has 1 atom stereocenters. The molecule has 3 N–H and O–H groups in total. The fourth-order valence-corrected chi connectivity index (χ4v) is 2.65. The lowest BCUT2D eigenvalue weighted by molar-refractivity contribution is 0.561. The second-order valence-electron chi connectivity index (χ2n) is 3.93. The van der Waals surface area contributed by atoms with Crippen molar-refractivity contribution in [3.05, 3.63) is 29.6 Å². The summed E-state index contributed by atoms with van der Waals surface area (Å²) < 4.78 is 39.2. The van der Waals surface area contributed by atoms with Gasteiger partial charge in [0.2, 0.25) is 10.0 Å². The van der Waals surface area contributed by atoms with Crippen LogP contribution in [-0.4, -0.2) is 21.0 Å². The van der Waals surface area contributed by atoms with Crippen LogP contribution in [0.5, 0.6) is 0 Å². The molecule has 0 heterocycles. The Hall–Kier alpha value is -0.980. The van der Waals surface area contributed by atoms with Gasteiger partial charge < -0.3 is 5.73 Å². The fraction of sp³-hybridized carbons (Fsp3) is 0.455. The van der Waals surface area contributed by atoms with E-state index in [-0.39, 0.29) is 17.5 Å². The van der Waals surface area contributed by atoms with Gasteiger partial charge in [-0.2, -0.15) is 0 Å². The largest absolute Gasteiger partial charge is 0.327 e. The summed E-state index contributed by atoms with van der Waals surface area (Å²) in [6, 6.07) is 3.43. The number of hydrogen-bond acceptors (Lipinski definition) is 3. The van der Waals surface area contributed by atoms with Crippen molar-refractivity contribution in [2.45, 2.75) is 31.2 Å². The minimum absolute atomic E-state index is 0.0409. The highest BCUT2D eigenvalue weighted by Crippen LogP contribution is 2.15. The van der Waals surface area contributed by atoms with Gasteiger partial charge in [0.25, 0.3) is 0 Å². The second kappa shape index (κ2) is 5.57. The highest BCUT2D eigenvalue weighted by Gasteiger charge is 2.17. The molecule has 0 spiro atoms. The highest BCUT2D eigenvalue weighted by molar-refractivity contribution is 7.89. The topological polar surface area (TPSA) is 72.2 Å². The molecule has 0 aliphatic rings. The highest BCUT2D eigenvalue weighted by atomic mass is 32.2. The lowest BCUT2D eigenvalue weighted by Gasteiger charge is -2.12. The van der Waals surface area contributed by atoms with E-state index in [0.29, 0.717) is 12.0 Å². The summed E-state index contributed by atoms with van der Waals surface area (Å²) in [5.41, 5.74) is 6.13. The van der Waals surface area contributed by atoms with E-state index < -0.39 is 15.8 Å². The van der Waals surface area contributed by atoms with Crippen LogP contribution in [0.2, 0.25) is 0 Å². The van der Waals surface area contributed by atoms with E-state index in [4.69, 9.17) is 5.73 Å². The van der Waals surface area contributed by atoms with E-state index >= 15 is 0 Å². The van der Waals surface area contributed by atoms with Crippen LogP contribution in [0, 0.1) is 12.7 Å². The number of nitrogens with two attached hydrogens (primary N) is 1. The second-order valence-corrected chi connectivity index (χ2v) is 5.67. The molecule has 0 amide bonds. The zero-order valence-electron chi connectivity index (χ0n) is 9.90. The Bertz CT molecular complexity index is 488. The van der Waals surface area contributed by atoms with Crippen LogP contribution in [0.25, 0.3) is 0 Å². The molecule has 4 nitrogen and oxygen atoms in total. The summed E-state index contributed by atoms with van der Waals surface area (Å²) in [7, 11) is -3.69. The number of halogens is 1. The first kappa shape index (κ1) is 14.1. The molecule has 0 radical (unpaired) electrons. The monoisotopic (exact) mass is 260 g/mol. The van der Waals surface area contributed by atoms with Crippen molar-refractivity contribution in [3.8, 4) is 0 Å². The van der Waals surface area contributed by atoms with Crippen molar-refractivity contribution in [2.24, 2.45) is 5.73 Å². The number of hydrogen-bond donors (Lipinski definition) is 2.